The first-order valence-corrected chi connectivity index (χ1v) is 16.2. The minimum absolute atomic E-state index is 0.913. The second kappa shape index (κ2) is 10.2. The third kappa shape index (κ3) is 3.97. The van der Waals surface area contributed by atoms with Gasteiger partial charge < -0.3 is 4.42 Å². The molecule has 0 saturated heterocycles. The van der Waals surface area contributed by atoms with Gasteiger partial charge in [-0.1, -0.05) is 146 Å². The first kappa shape index (κ1) is 26.1. The van der Waals surface area contributed by atoms with Gasteiger partial charge in [0.25, 0.3) is 0 Å². The van der Waals surface area contributed by atoms with E-state index >= 15 is 0 Å². The zero-order valence-corrected chi connectivity index (χ0v) is 25.6. The highest BCUT2D eigenvalue weighted by atomic mass is 16.3. The first-order chi connectivity index (χ1) is 23.3. The SMILES string of the molecule is c1ccc(-c2c3ccccc3c(-c3ccc(-c4ccc5oc6cc7ccccc7cc6c5c4)c4ccccc34)c3ccccc23)cc1. The van der Waals surface area contributed by atoms with Crippen LogP contribution in [-0.4, -0.2) is 0 Å². The molecular weight excluding hydrogens is 569 g/mol. The smallest absolute Gasteiger partial charge is 0.136 e. The summed E-state index contributed by atoms with van der Waals surface area (Å²) in [7, 11) is 0. The van der Waals surface area contributed by atoms with Crippen molar-refractivity contribution in [2.75, 3.05) is 0 Å². The van der Waals surface area contributed by atoms with E-state index in [0.29, 0.717) is 0 Å². The van der Waals surface area contributed by atoms with Gasteiger partial charge in [0.15, 0.2) is 0 Å². The van der Waals surface area contributed by atoms with Crippen LogP contribution in [0.3, 0.4) is 0 Å². The Morgan fingerprint density at radius 2 is 0.787 bits per heavy atom. The first-order valence-electron chi connectivity index (χ1n) is 16.2. The van der Waals surface area contributed by atoms with Crippen molar-refractivity contribution >= 4 is 65.0 Å². The maximum Gasteiger partial charge on any atom is 0.136 e. The molecule has 218 valence electrons. The van der Waals surface area contributed by atoms with E-state index in [2.05, 4.69) is 170 Å². The number of fused-ring (bicyclic) bond motifs is 7. The lowest BCUT2D eigenvalue weighted by Crippen LogP contribution is -1.92. The predicted molar refractivity (Wildman–Crippen MR) is 200 cm³/mol. The van der Waals surface area contributed by atoms with Crippen LogP contribution in [0.1, 0.15) is 0 Å². The second-order valence-corrected chi connectivity index (χ2v) is 12.4. The topological polar surface area (TPSA) is 13.1 Å². The van der Waals surface area contributed by atoms with E-state index in [1.54, 1.807) is 0 Å². The van der Waals surface area contributed by atoms with E-state index < -0.39 is 0 Å². The molecule has 0 N–H and O–H groups in total. The van der Waals surface area contributed by atoms with Crippen LogP contribution in [0.15, 0.2) is 174 Å². The van der Waals surface area contributed by atoms with E-state index in [0.717, 1.165) is 21.9 Å². The van der Waals surface area contributed by atoms with E-state index in [-0.39, 0.29) is 0 Å². The zero-order chi connectivity index (χ0) is 30.9. The van der Waals surface area contributed by atoms with Gasteiger partial charge in [-0.05, 0) is 101 Å². The molecule has 10 aromatic rings. The number of benzene rings is 9. The highest BCUT2D eigenvalue weighted by molar-refractivity contribution is 6.24. The summed E-state index contributed by atoms with van der Waals surface area (Å²) in [5, 5.41) is 12.3. The van der Waals surface area contributed by atoms with Crippen LogP contribution in [0.25, 0.3) is 98.4 Å². The minimum Gasteiger partial charge on any atom is -0.456 e. The van der Waals surface area contributed by atoms with Crippen molar-refractivity contribution in [2.24, 2.45) is 0 Å². The molecule has 1 heteroatoms. The number of rotatable bonds is 3. The van der Waals surface area contributed by atoms with Gasteiger partial charge >= 0.3 is 0 Å². The Balaban J connectivity index is 1.23. The monoisotopic (exact) mass is 596 g/mol. The van der Waals surface area contributed by atoms with Crippen LogP contribution in [0.2, 0.25) is 0 Å². The summed E-state index contributed by atoms with van der Waals surface area (Å²) in [6, 6.07) is 61.6. The van der Waals surface area contributed by atoms with Gasteiger partial charge in [0, 0.05) is 10.8 Å². The number of hydrogen-bond donors (Lipinski definition) is 0. The summed E-state index contributed by atoms with van der Waals surface area (Å²) in [5.41, 5.74) is 9.29. The molecule has 0 spiro atoms. The quantitative estimate of drug-likeness (QED) is 0.185. The molecule has 1 heterocycles. The standard InChI is InChI=1S/C46H28O/c1-2-12-29(13-3-1)45-36-18-8-10-20-38(36)46(39-21-11-9-19-37(39)45)40-24-23-33(34-16-6-7-17-35(34)40)32-22-25-43-41(27-32)42-26-30-14-4-5-15-31(30)28-44(42)47-43/h1-28H. The summed E-state index contributed by atoms with van der Waals surface area (Å²) >= 11 is 0. The normalized spacial score (nSPS) is 11.8. The van der Waals surface area contributed by atoms with Crippen molar-refractivity contribution in [3.05, 3.63) is 170 Å². The van der Waals surface area contributed by atoms with Crippen molar-refractivity contribution in [3.8, 4) is 33.4 Å². The summed E-state index contributed by atoms with van der Waals surface area (Å²) in [4.78, 5) is 0. The maximum absolute atomic E-state index is 6.34. The fraction of sp³-hybridized carbons (Fsp3) is 0. The Labute approximate surface area is 271 Å². The minimum atomic E-state index is 0.913. The van der Waals surface area contributed by atoms with Crippen molar-refractivity contribution in [1.29, 1.82) is 0 Å². The lowest BCUT2D eigenvalue weighted by Gasteiger charge is -2.19. The Bertz CT molecular complexity index is 2780. The summed E-state index contributed by atoms with van der Waals surface area (Å²) in [6.45, 7) is 0. The largest absolute Gasteiger partial charge is 0.456 e. The molecule has 0 radical (unpaired) electrons. The Morgan fingerprint density at radius 1 is 0.277 bits per heavy atom. The van der Waals surface area contributed by atoms with E-state index in [4.69, 9.17) is 4.42 Å². The maximum atomic E-state index is 6.34. The molecule has 0 atom stereocenters. The molecule has 1 aromatic heterocycles. The molecule has 10 rings (SSSR count). The molecule has 0 bridgehead atoms. The Morgan fingerprint density at radius 3 is 1.47 bits per heavy atom. The van der Waals surface area contributed by atoms with Gasteiger partial charge in [0.1, 0.15) is 11.2 Å². The lowest BCUT2D eigenvalue weighted by atomic mass is 9.84. The Hall–Kier alpha value is -6.18. The summed E-state index contributed by atoms with van der Waals surface area (Å²) in [5.74, 6) is 0. The van der Waals surface area contributed by atoms with Gasteiger partial charge in [0.05, 0.1) is 0 Å². The van der Waals surface area contributed by atoms with Crippen LogP contribution in [-0.2, 0) is 0 Å². The summed E-state index contributed by atoms with van der Waals surface area (Å²) in [6.07, 6.45) is 0. The fourth-order valence-electron chi connectivity index (χ4n) is 7.73. The molecular formula is C46H28O. The fourth-order valence-corrected chi connectivity index (χ4v) is 7.73. The van der Waals surface area contributed by atoms with E-state index in [9.17, 15) is 0 Å². The van der Waals surface area contributed by atoms with Crippen LogP contribution in [0.5, 0.6) is 0 Å². The summed E-state index contributed by atoms with van der Waals surface area (Å²) < 4.78 is 6.34. The van der Waals surface area contributed by atoms with Gasteiger partial charge in [-0.2, -0.15) is 0 Å². The molecule has 0 saturated carbocycles. The van der Waals surface area contributed by atoms with Gasteiger partial charge in [-0.15, -0.1) is 0 Å². The van der Waals surface area contributed by atoms with Crippen molar-refractivity contribution < 1.29 is 4.42 Å². The number of hydrogen-bond acceptors (Lipinski definition) is 1. The lowest BCUT2D eigenvalue weighted by molar-refractivity contribution is 0.669. The molecule has 0 aliphatic rings. The molecule has 1 nitrogen and oxygen atoms in total. The average Bonchev–Trinajstić information content (AvgIpc) is 3.49. The zero-order valence-electron chi connectivity index (χ0n) is 25.6. The van der Waals surface area contributed by atoms with Crippen LogP contribution < -0.4 is 0 Å². The molecule has 47 heavy (non-hydrogen) atoms. The Kier molecular flexibility index (Phi) is 5.64. The molecule has 9 aromatic carbocycles. The van der Waals surface area contributed by atoms with Gasteiger partial charge in [0.2, 0.25) is 0 Å². The van der Waals surface area contributed by atoms with Gasteiger partial charge in [-0.25, -0.2) is 0 Å². The van der Waals surface area contributed by atoms with Crippen molar-refractivity contribution in [3.63, 3.8) is 0 Å². The third-order valence-electron chi connectivity index (χ3n) is 9.84. The molecule has 0 fully saturated rings. The second-order valence-electron chi connectivity index (χ2n) is 12.4. The molecule has 0 aliphatic carbocycles. The highest BCUT2D eigenvalue weighted by Gasteiger charge is 2.19. The molecule has 0 aliphatic heterocycles. The van der Waals surface area contributed by atoms with E-state index in [1.165, 1.54) is 76.5 Å². The molecule has 0 amide bonds. The highest BCUT2D eigenvalue weighted by Crippen LogP contribution is 2.46. The van der Waals surface area contributed by atoms with Crippen molar-refractivity contribution in [1.82, 2.24) is 0 Å². The molecule has 0 unspecified atom stereocenters. The average molecular weight is 597 g/mol. The van der Waals surface area contributed by atoms with Crippen LogP contribution in [0, 0.1) is 0 Å². The van der Waals surface area contributed by atoms with Gasteiger partial charge in [-0.3, -0.25) is 0 Å². The predicted octanol–water partition coefficient (Wildman–Crippen LogP) is 13.2. The van der Waals surface area contributed by atoms with E-state index in [1.807, 2.05) is 0 Å². The van der Waals surface area contributed by atoms with Crippen molar-refractivity contribution in [2.45, 2.75) is 0 Å². The number of furan rings is 1. The third-order valence-corrected chi connectivity index (χ3v) is 9.84. The van der Waals surface area contributed by atoms with Crippen LogP contribution >= 0.6 is 0 Å². The van der Waals surface area contributed by atoms with Crippen LogP contribution in [0.4, 0.5) is 0 Å².